The van der Waals surface area contributed by atoms with Crippen molar-refractivity contribution in [2.24, 2.45) is 0 Å². The number of anilines is 2. The third-order valence-electron chi connectivity index (χ3n) is 6.19. The number of nitrogens with zero attached hydrogens (tertiary/aromatic N) is 1. The lowest BCUT2D eigenvalue weighted by atomic mass is 10.1. The SMILES string of the molecule is COC(=O)c1ccccc1Nc1c(S(=O)(=O)C2CNCCO2)cnc2ccc(SCc3ccccc3)cc12. The van der Waals surface area contributed by atoms with E-state index >= 15 is 0 Å². The molecule has 3 aromatic carbocycles. The van der Waals surface area contributed by atoms with E-state index in [4.69, 9.17) is 9.47 Å². The maximum Gasteiger partial charge on any atom is 0.339 e. The second-order valence-electron chi connectivity index (χ2n) is 8.66. The number of nitrogens with one attached hydrogen (secondary N) is 2. The first-order valence-electron chi connectivity index (χ1n) is 12.1. The van der Waals surface area contributed by atoms with Crippen molar-refractivity contribution in [2.75, 3.05) is 32.1 Å². The van der Waals surface area contributed by atoms with E-state index in [0.717, 1.165) is 10.6 Å². The van der Waals surface area contributed by atoms with Crippen LogP contribution in [0.5, 0.6) is 0 Å². The van der Waals surface area contributed by atoms with Gasteiger partial charge < -0.3 is 20.1 Å². The van der Waals surface area contributed by atoms with E-state index in [1.165, 1.54) is 18.9 Å². The smallest absolute Gasteiger partial charge is 0.339 e. The van der Waals surface area contributed by atoms with E-state index < -0.39 is 21.2 Å². The molecule has 1 atom stereocenters. The lowest BCUT2D eigenvalue weighted by molar-refractivity contribution is 0.0602. The molecule has 38 heavy (non-hydrogen) atoms. The Kier molecular flexibility index (Phi) is 7.94. The van der Waals surface area contributed by atoms with Gasteiger partial charge in [0.15, 0.2) is 5.44 Å². The first-order valence-corrected chi connectivity index (χ1v) is 14.6. The number of hydrogen-bond acceptors (Lipinski definition) is 9. The van der Waals surface area contributed by atoms with Crippen LogP contribution in [0.2, 0.25) is 0 Å². The third kappa shape index (κ3) is 5.53. The normalized spacial score (nSPS) is 15.8. The van der Waals surface area contributed by atoms with Crippen LogP contribution in [-0.4, -0.2) is 51.6 Å². The molecule has 0 saturated carbocycles. The third-order valence-corrected chi connectivity index (χ3v) is 9.17. The van der Waals surface area contributed by atoms with Crippen LogP contribution in [0.15, 0.2) is 88.8 Å². The van der Waals surface area contributed by atoms with Gasteiger partial charge in [0.1, 0.15) is 4.90 Å². The van der Waals surface area contributed by atoms with E-state index in [2.05, 4.69) is 27.8 Å². The average Bonchev–Trinajstić information content (AvgIpc) is 2.97. The van der Waals surface area contributed by atoms with Crippen molar-refractivity contribution in [3.8, 4) is 0 Å². The molecule has 1 aliphatic rings. The number of ether oxygens (including phenoxy) is 2. The largest absolute Gasteiger partial charge is 0.465 e. The molecule has 8 nitrogen and oxygen atoms in total. The van der Waals surface area contributed by atoms with Crippen LogP contribution in [0.3, 0.4) is 0 Å². The number of para-hydroxylation sites is 1. The van der Waals surface area contributed by atoms with Gasteiger partial charge in [0.2, 0.25) is 9.84 Å². The molecule has 0 aliphatic carbocycles. The molecule has 0 amide bonds. The Balaban J connectivity index is 1.62. The number of morpholine rings is 1. The minimum Gasteiger partial charge on any atom is -0.465 e. The number of rotatable bonds is 8. The number of aromatic nitrogens is 1. The second kappa shape index (κ2) is 11.5. The number of benzene rings is 3. The molecular weight excluding hydrogens is 522 g/mol. The molecule has 4 aromatic rings. The highest BCUT2D eigenvalue weighted by molar-refractivity contribution is 7.98. The lowest BCUT2D eigenvalue weighted by Crippen LogP contribution is -2.43. The van der Waals surface area contributed by atoms with E-state index in [9.17, 15) is 13.2 Å². The fourth-order valence-electron chi connectivity index (χ4n) is 4.23. The topological polar surface area (TPSA) is 107 Å². The molecule has 0 bridgehead atoms. The van der Waals surface area contributed by atoms with E-state index in [0.29, 0.717) is 35.4 Å². The maximum atomic E-state index is 13.8. The van der Waals surface area contributed by atoms with Gasteiger partial charge in [-0.3, -0.25) is 4.98 Å². The van der Waals surface area contributed by atoms with Gasteiger partial charge in [-0.25, -0.2) is 13.2 Å². The van der Waals surface area contributed by atoms with Gasteiger partial charge in [0, 0.05) is 35.3 Å². The highest BCUT2D eigenvalue weighted by Crippen LogP contribution is 2.37. The van der Waals surface area contributed by atoms with Crippen LogP contribution < -0.4 is 10.6 Å². The van der Waals surface area contributed by atoms with Crippen LogP contribution in [0, 0.1) is 0 Å². The molecule has 1 saturated heterocycles. The number of carbonyl (C=O) groups is 1. The average molecular weight is 550 g/mol. The number of sulfone groups is 1. The summed E-state index contributed by atoms with van der Waals surface area (Å²) in [5.41, 5.74) is 1.79. The number of carbonyl (C=O) groups excluding carboxylic acids is 1. The molecule has 1 unspecified atom stereocenters. The van der Waals surface area contributed by atoms with E-state index in [1.807, 2.05) is 36.4 Å². The number of thioether (sulfide) groups is 1. The Morgan fingerprint density at radius 1 is 1.13 bits per heavy atom. The summed E-state index contributed by atoms with van der Waals surface area (Å²) in [5.74, 6) is 0.225. The number of hydrogen-bond donors (Lipinski definition) is 2. The summed E-state index contributed by atoms with van der Waals surface area (Å²) in [6.45, 7) is 1.05. The molecule has 196 valence electrons. The minimum absolute atomic E-state index is 0.00331. The van der Waals surface area contributed by atoms with Crippen molar-refractivity contribution in [2.45, 2.75) is 21.0 Å². The Labute approximate surface area is 225 Å². The first-order chi connectivity index (χ1) is 18.5. The summed E-state index contributed by atoms with van der Waals surface area (Å²) in [6.07, 6.45) is 1.36. The summed E-state index contributed by atoms with van der Waals surface area (Å²) < 4.78 is 38.1. The molecule has 1 fully saturated rings. The van der Waals surface area contributed by atoms with Gasteiger partial charge >= 0.3 is 5.97 Å². The molecule has 5 rings (SSSR count). The van der Waals surface area contributed by atoms with E-state index in [1.54, 1.807) is 36.0 Å². The van der Waals surface area contributed by atoms with Crippen LogP contribution in [0.25, 0.3) is 10.9 Å². The summed E-state index contributed by atoms with van der Waals surface area (Å²) in [5, 5.41) is 6.94. The molecule has 1 aromatic heterocycles. The Morgan fingerprint density at radius 3 is 2.68 bits per heavy atom. The summed E-state index contributed by atoms with van der Waals surface area (Å²) in [7, 11) is -2.64. The number of fused-ring (bicyclic) bond motifs is 1. The predicted octanol–water partition coefficient (Wildman–Crippen LogP) is 4.78. The summed E-state index contributed by atoms with van der Waals surface area (Å²) in [6, 6.07) is 22.7. The standard InChI is InChI=1S/C28H27N3O5S2/c1-35-28(32)21-9-5-6-10-24(21)31-27-22-15-20(37-18-19-7-3-2-4-8-19)11-12-23(22)30-16-25(27)38(33,34)26-17-29-13-14-36-26/h2-12,15-16,26,29H,13-14,17-18H2,1H3,(H,30,31). The molecule has 10 heteroatoms. The van der Waals surface area contributed by atoms with Crippen LogP contribution >= 0.6 is 11.8 Å². The predicted molar refractivity (Wildman–Crippen MR) is 149 cm³/mol. The Morgan fingerprint density at radius 2 is 1.92 bits per heavy atom. The van der Waals surface area contributed by atoms with Crippen molar-refractivity contribution in [1.82, 2.24) is 10.3 Å². The molecule has 0 spiro atoms. The van der Waals surface area contributed by atoms with Crippen LogP contribution in [0.1, 0.15) is 15.9 Å². The Bertz CT molecular complexity index is 1560. The number of pyridine rings is 1. The Hall–Kier alpha value is -3.44. The quantitative estimate of drug-likeness (QED) is 0.237. The molecule has 0 radical (unpaired) electrons. The monoisotopic (exact) mass is 549 g/mol. The van der Waals surface area contributed by atoms with Crippen molar-refractivity contribution in [3.05, 3.63) is 90.1 Å². The first kappa shape index (κ1) is 26.2. The van der Waals surface area contributed by atoms with Crippen molar-refractivity contribution in [1.29, 1.82) is 0 Å². The maximum absolute atomic E-state index is 13.8. The molecule has 2 N–H and O–H groups in total. The van der Waals surface area contributed by atoms with Gasteiger partial charge in [-0.05, 0) is 35.9 Å². The highest BCUT2D eigenvalue weighted by Gasteiger charge is 2.33. The number of esters is 1. The minimum atomic E-state index is -3.94. The van der Waals surface area contributed by atoms with Crippen molar-refractivity contribution < 1.29 is 22.7 Å². The zero-order chi connectivity index (χ0) is 26.5. The van der Waals surface area contributed by atoms with Crippen molar-refractivity contribution >= 4 is 49.8 Å². The molecule has 2 heterocycles. The molecule has 1 aliphatic heterocycles. The second-order valence-corrected chi connectivity index (χ2v) is 11.8. The molecular formula is C28H27N3O5S2. The fourth-order valence-corrected chi connectivity index (χ4v) is 6.66. The van der Waals surface area contributed by atoms with E-state index in [-0.39, 0.29) is 17.0 Å². The summed E-state index contributed by atoms with van der Waals surface area (Å²) >= 11 is 1.64. The highest BCUT2D eigenvalue weighted by atomic mass is 32.2. The van der Waals surface area contributed by atoms with Crippen molar-refractivity contribution in [3.63, 3.8) is 0 Å². The number of methoxy groups -OCH3 is 1. The summed E-state index contributed by atoms with van der Waals surface area (Å²) in [4.78, 5) is 17.9. The fraction of sp³-hybridized carbons (Fsp3) is 0.214. The zero-order valence-electron chi connectivity index (χ0n) is 20.7. The van der Waals surface area contributed by atoms with Crippen LogP contribution in [-0.2, 0) is 25.1 Å². The van der Waals surface area contributed by atoms with Gasteiger partial charge in [-0.1, -0.05) is 42.5 Å². The lowest BCUT2D eigenvalue weighted by Gasteiger charge is -2.25. The van der Waals surface area contributed by atoms with Gasteiger partial charge in [0.25, 0.3) is 0 Å². The van der Waals surface area contributed by atoms with Gasteiger partial charge in [0.05, 0.1) is 36.2 Å². The van der Waals surface area contributed by atoms with Gasteiger partial charge in [-0.15, -0.1) is 11.8 Å². The van der Waals surface area contributed by atoms with Crippen LogP contribution in [0.4, 0.5) is 11.4 Å². The van der Waals surface area contributed by atoms with Gasteiger partial charge in [-0.2, -0.15) is 0 Å². The zero-order valence-corrected chi connectivity index (χ0v) is 22.3.